The van der Waals surface area contributed by atoms with Crippen LogP contribution in [0.25, 0.3) is 0 Å². The second kappa shape index (κ2) is 7.17. The van der Waals surface area contributed by atoms with Gasteiger partial charge in [-0.1, -0.05) is 6.42 Å². The molecule has 0 spiro atoms. The highest BCUT2D eigenvalue weighted by molar-refractivity contribution is 7.14. The number of hydrogen-bond donors (Lipinski definition) is 2. The van der Waals surface area contributed by atoms with Crippen LogP contribution in [-0.2, 0) is 0 Å². The number of aliphatic hydroxyl groups is 1. The lowest BCUT2D eigenvalue weighted by molar-refractivity contribution is -0.0498. The molecule has 2 N–H and O–H groups in total. The maximum absolute atomic E-state index is 12.3. The molecule has 4 nitrogen and oxygen atoms in total. The molecular weight excluding hydrogens is 300 g/mol. The van der Waals surface area contributed by atoms with Gasteiger partial charge in [0.25, 0.3) is 5.91 Å². The quantitative estimate of drug-likeness (QED) is 0.877. The zero-order valence-corrected chi connectivity index (χ0v) is 12.6. The summed E-state index contributed by atoms with van der Waals surface area (Å²) in [4.78, 5) is 13.0. The number of aryl methyl sites for hydroxylation is 1. The number of hydrogen-bond acceptors (Lipinski definition) is 4. The van der Waals surface area contributed by atoms with Crippen molar-refractivity contribution in [3.05, 3.63) is 15.8 Å². The summed E-state index contributed by atoms with van der Waals surface area (Å²) in [6.07, 6.45) is 3.08. The van der Waals surface area contributed by atoms with E-state index < -0.39 is 12.5 Å². The van der Waals surface area contributed by atoms with E-state index in [2.05, 4.69) is 10.1 Å². The van der Waals surface area contributed by atoms with Gasteiger partial charge in [-0.15, -0.1) is 11.3 Å². The lowest BCUT2D eigenvalue weighted by Crippen LogP contribution is -2.32. The Morgan fingerprint density at radius 2 is 2.33 bits per heavy atom. The van der Waals surface area contributed by atoms with Crippen molar-refractivity contribution in [2.75, 3.05) is 6.54 Å². The predicted molar refractivity (Wildman–Crippen MR) is 76.0 cm³/mol. The first-order valence-electron chi connectivity index (χ1n) is 6.97. The Balaban J connectivity index is 1.93. The fraction of sp³-hybridized carbons (Fsp3) is 0.643. The predicted octanol–water partition coefficient (Wildman–Crippen LogP) is 2.94. The number of alkyl halides is 2. The number of nitrogens with one attached hydrogen (secondary N) is 1. The lowest BCUT2D eigenvalue weighted by Gasteiger charge is -2.25. The molecule has 1 saturated carbocycles. The molecule has 1 aromatic rings. The van der Waals surface area contributed by atoms with Crippen LogP contribution in [0.4, 0.5) is 8.78 Å². The summed E-state index contributed by atoms with van der Waals surface area (Å²) in [5.74, 6) is -0.240. The second-order valence-electron chi connectivity index (χ2n) is 5.33. The molecule has 0 aliphatic heterocycles. The molecular formula is C14H19F2NO3S. The largest absolute Gasteiger partial charge is 0.433 e. The van der Waals surface area contributed by atoms with E-state index in [0.29, 0.717) is 13.0 Å². The first-order chi connectivity index (χ1) is 9.95. The Morgan fingerprint density at radius 3 is 3.00 bits per heavy atom. The van der Waals surface area contributed by atoms with Crippen LogP contribution in [0.3, 0.4) is 0 Å². The molecule has 0 aromatic carbocycles. The average molecular weight is 319 g/mol. The molecule has 0 bridgehead atoms. The normalized spacial score (nSPS) is 22.3. The molecule has 1 aliphatic carbocycles. The van der Waals surface area contributed by atoms with E-state index in [0.717, 1.165) is 35.5 Å². The van der Waals surface area contributed by atoms with Crippen molar-refractivity contribution in [1.82, 2.24) is 5.32 Å². The third kappa shape index (κ3) is 4.64. The van der Waals surface area contributed by atoms with Crippen molar-refractivity contribution in [2.24, 2.45) is 5.92 Å². The molecule has 2 atom stereocenters. The van der Waals surface area contributed by atoms with E-state index in [1.807, 2.05) is 0 Å². The van der Waals surface area contributed by atoms with E-state index in [-0.39, 0.29) is 22.6 Å². The number of thiophene rings is 1. The van der Waals surface area contributed by atoms with Gasteiger partial charge in [0.2, 0.25) is 0 Å². The molecule has 118 valence electrons. The fourth-order valence-corrected chi connectivity index (χ4v) is 3.46. The van der Waals surface area contributed by atoms with Gasteiger partial charge in [0.15, 0.2) is 0 Å². The van der Waals surface area contributed by atoms with Crippen LogP contribution in [0.2, 0.25) is 0 Å². The van der Waals surface area contributed by atoms with Crippen molar-refractivity contribution in [1.29, 1.82) is 0 Å². The maximum Gasteiger partial charge on any atom is 0.387 e. The van der Waals surface area contributed by atoms with Gasteiger partial charge in [-0.3, -0.25) is 4.79 Å². The molecule has 1 aromatic heterocycles. The monoisotopic (exact) mass is 319 g/mol. The van der Waals surface area contributed by atoms with Crippen LogP contribution in [0.15, 0.2) is 6.07 Å². The minimum absolute atomic E-state index is 0.0753. The van der Waals surface area contributed by atoms with Crippen LogP contribution in [-0.4, -0.2) is 30.3 Å². The van der Waals surface area contributed by atoms with E-state index in [9.17, 15) is 18.7 Å². The van der Waals surface area contributed by atoms with Crippen LogP contribution in [0.1, 0.15) is 40.2 Å². The van der Waals surface area contributed by atoms with Gasteiger partial charge in [0, 0.05) is 11.4 Å². The van der Waals surface area contributed by atoms with Crippen molar-refractivity contribution in [3.8, 4) is 5.75 Å². The Kier molecular flexibility index (Phi) is 5.52. The highest BCUT2D eigenvalue weighted by Gasteiger charge is 2.23. The van der Waals surface area contributed by atoms with Crippen molar-refractivity contribution in [2.45, 2.75) is 45.3 Å². The summed E-state index contributed by atoms with van der Waals surface area (Å²) in [5.41, 5.74) is 0. The van der Waals surface area contributed by atoms with Gasteiger partial charge in [0.1, 0.15) is 10.6 Å². The maximum atomic E-state index is 12.3. The third-order valence-corrected chi connectivity index (χ3v) is 4.58. The van der Waals surface area contributed by atoms with Gasteiger partial charge in [-0.25, -0.2) is 0 Å². The van der Waals surface area contributed by atoms with Gasteiger partial charge in [-0.2, -0.15) is 8.78 Å². The van der Waals surface area contributed by atoms with E-state index >= 15 is 0 Å². The van der Waals surface area contributed by atoms with Crippen molar-refractivity contribution >= 4 is 17.2 Å². The topological polar surface area (TPSA) is 58.6 Å². The minimum atomic E-state index is -2.95. The second-order valence-corrected chi connectivity index (χ2v) is 6.58. The van der Waals surface area contributed by atoms with E-state index in [1.165, 1.54) is 6.07 Å². The van der Waals surface area contributed by atoms with Gasteiger partial charge in [-0.05, 0) is 38.2 Å². The number of aliphatic hydroxyl groups excluding tert-OH is 1. The van der Waals surface area contributed by atoms with Crippen LogP contribution < -0.4 is 10.1 Å². The highest BCUT2D eigenvalue weighted by atomic mass is 32.1. The summed E-state index contributed by atoms with van der Waals surface area (Å²) in [6.45, 7) is -0.767. The Morgan fingerprint density at radius 1 is 1.57 bits per heavy atom. The molecule has 7 heteroatoms. The number of carbonyl (C=O) groups excluding carboxylic acids is 1. The molecule has 2 unspecified atom stereocenters. The zero-order valence-electron chi connectivity index (χ0n) is 11.8. The molecule has 2 rings (SSSR count). The molecule has 1 heterocycles. The van der Waals surface area contributed by atoms with E-state index in [1.54, 1.807) is 6.92 Å². The Labute approximate surface area is 126 Å². The number of amides is 1. The highest BCUT2D eigenvalue weighted by Crippen LogP contribution is 2.30. The Bertz CT molecular complexity index is 493. The Hall–Kier alpha value is -1.21. The van der Waals surface area contributed by atoms with Crippen LogP contribution >= 0.6 is 11.3 Å². The molecule has 1 amide bonds. The lowest BCUT2D eigenvalue weighted by atomic mass is 9.87. The van der Waals surface area contributed by atoms with Gasteiger partial charge >= 0.3 is 6.61 Å². The first kappa shape index (κ1) is 16.2. The third-order valence-electron chi connectivity index (χ3n) is 3.55. The van der Waals surface area contributed by atoms with Crippen LogP contribution in [0, 0.1) is 12.8 Å². The summed E-state index contributed by atoms with van der Waals surface area (Å²) in [7, 11) is 0. The molecule has 0 radical (unpaired) electrons. The number of ether oxygens (including phenoxy) is 1. The minimum Gasteiger partial charge on any atom is -0.433 e. The van der Waals surface area contributed by atoms with Gasteiger partial charge < -0.3 is 15.2 Å². The zero-order chi connectivity index (χ0) is 15.4. The summed E-state index contributed by atoms with van der Waals surface area (Å²) >= 11 is 1.13. The number of carbonyl (C=O) groups is 1. The summed E-state index contributed by atoms with van der Waals surface area (Å²) < 4.78 is 29.0. The standard InChI is InChI=1S/C14H19F2NO3S/c1-8-5-11(20-14(15)16)12(21-8)13(19)17-7-9-3-2-4-10(18)6-9/h5,9-10,14,18H,2-4,6-7H2,1H3,(H,17,19). The molecule has 1 aliphatic rings. The number of halogens is 2. The first-order valence-corrected chi connectivity index (χ1v) is 7.79. The molecule has 0 saturated heterocycles. The SMILES string of the molecule is Cc1cc(OC(F)F)c(C(=O)NCC2CCCC(O)C2)s1. The van der Waals surface area contributed by atoms with Gasteiger partial charge in [0.05, 0.1) is 6.10 Å². The fourth-order valence-electron chi connectivity index (χ4n) is 2.60. The molecule has 1 fully saturated rings. The van der Waals surface area contributed by atoms with Crippen molar-refractivity contribution in [3.63, 3.8) is 0 Å². The van der Waals surface area contributed by atoms with E-state index in [4.69, 9.17) is 0 Å². The summed E-state index contributed by atoms with van der Waals surface area (Å²) in [5, 5.41) is 12.3. The van der Waals surface area contributed by atoms with Crippen LogP contribution in [0.5, 0.6) is 5.75 Å². The number of rotatable bonds is 5. The smallest absolute Gasteiger partial charge is 0.387 e. The van der Waals surface area contributed by atoms with Crippen molar-refractivity contribution < 1.29 is 23.4 Å². The summed E-state index contributed by atoms with van der Waals surface area (Å²) in [6, 6.07) is 1.44. The molecule has 21 heavy (non-hydrogen) atoms. The average Bonchev–Trinajstić information content (AvgIpc) is 2.76.